The third kappa shape index (κ3) is 2.86. The summed E-state index contributed by atoms with van der Waals surface area (Å²) in [4.78, 5) is 14.1. The van der Waals surface area contributed by atoms with Crippen molar-refractivity contribution in [2.75, 3.05) is 26.7 Å². The number of rotatable bonds is 4. The lowest BCUT2D eigenvalue weighted by molar-refractivity contribution is -0.120. The van der Waals surface area contributed by atoms with E-state index in [9.17, 15) is 4.79 Å². The number of piperidine rings is 3. The lowest BCUT2D eigenvalue weighted by atomic mass is 9.70. The van der Waals surface area contributed by atoms with Gasteiger partial charge in [0.2, 0.25) is 5.91 Å². The molecule has 20 heavy (non-hydrogen) atoms. The van der Waals surface area contributed by atoms with Gasteiger partial charge in [-0.25, -0.2) is 0 Å². The zero-order chi connectivity index (χ0) is 13.9. The molecule has 3 saturated heterocycles. The van der Waals surface area contributed by atoms with Gasteiger partial charge < -0.3 is 10.6 Å². The van der Waals surface area contributed by atoms with E-state index in [1.165, 1.54) is 45.3 Å². The zero-order valence-corrected chi connectivity index (χ0v) is 12.7. The lowest BCUT2D eigenvalue weighted by Crippen LogP contribution is -2.63. The highest BCUT2D eigenvalue weighted by Gasteiger charge is 2.45. The van der Waals surface area contributed by atoms with Crippen LogP contribution < -0.4 is 10.6 Å². The van der Waals surface area contributed by atoms with Crippen LogP contribution >= 0.6 is 0 Å². The second kappa shape index (κ2) is 6.44. The molecule has 0 aromatic carbocycles. The van der Waals surface area contributed by atoms with Gasteiger partial charge in [0.15, 0.2) is 0 Å². The minimum atomic E-state index is 0.182. The summed E-state index contributed by atoms with van der Waals surface area (Å²) < 4.78 is 0. The Bertz CT molecular complexity index is 338. The Labute approximate surface area is 122 Å². The first kappa shape index (κ1) is 14.3. The standard InChI is InChI=1S/C16H29N3O/c1-17-15(20)8-2-7-14-13-6-4-10-19-9-3-5-12(11-18-14)16(13)19/h12-14,16,18H,2-11H2,1H3,(H,17,20)/t12-,13+,14+,16-/m0/s1. The maximum atomic E-state index is 11.4. The number of hydrogen-bond acceptors (Lipinski definition) is 3. The summed E-state index contributed by atoms with van der Waals surface area (Å²) >= 11 is 0. The largest absolute Gasteiger partial charge is 0.359 e. The lowest BCUT2D eigenvalue weighted by Gasteiger charge is -2.54. The molecule has 0 aromatic heterocycles. The van der Waals surface area contributed by atoms with Gasteiger partial charge in [-0.1, -0.05) is 0 Å². The maximum Gasteiger partial charge on any atom is 0.219 e. The monoisotopic (exact) mass is 279 g/mol. The van der Waals surface area contributed by atoms with Gasteiger partial charge in [-0.15, -0.1) is 0 Å². The van der Waals surface area contributed by atoms with Crippen molar-refractivity contribution in [3.8, 4) is 0 Å². The Morgan fingerprint density at radius 3 is 2.90 bits per heavy atom. The molecule has 0 spiro atoms. The van der Waals surface area contributed by atoms with Gasteiger partial charge >= 0.3 is 0 Å². The van der Waals surface area contributed by atoms with Crippen molar-refractivity contribution >= 4 is 5.91 Å². The number of carbonyl (C=O) groups is 1. The number of carbonyl (C=O) groups excluding carboxylic acids is 1. The fraction of sp³-hybridized carbons (Fsp3) is 0.938. The Kier molecular flexibility index (Phi) is 4.61. The molecule has 4 nitrogen and oxygen atoms in total. The molecule has 3 heterocycles. The fourth-order valence-electron chi connectivity index (χ4n) is 4.80. The van der Waals surface area contributed by atoms with E-state index in [2.05, 4.69) is 15.5 Å². The van der Waals surface area contributed by atoms with Crippen molar-refractivity contribution in [1.82, 2.24) is 15.5 Å². The zero-order valence-electron chi connectivity index (χ0n) is 12.7. The molecule has 0 radical (unpaired) electrons. The Morgan fingerprint density at radius 2 is 2.10 bits per heavy atom. The van der Waals surface area contributed by atoms with Gasteiger partial charge in [0, 0.05) is 25.6 Å². The van der Waals surface area contributed by atoms with Crippen LogP contribution in [0.25, 0.3) is 0 Å². The molecule has 0 aliphatic carbocycles. The molecular weight excluding hydrogens is 250 g/mol. The van der Waals surface area contributed by atoms with Crippen molar-refractivity contribution in [3.63, 3.8) is 0 Å². The van der Waals surface area contributed by atoms with Crippen LogP contribution in [0.15, 0.2) is 0 Å². The predicted octanol–water partition coefficient (Wildman–Crippen LogP) is 1.37. The summed E-state index contributed by atoms with van der Waals surface area (Å²) in [7, 11) is 1.73. The van der Waals surface area contributed by atoms with Gasteiger partial charge in [0.1, 0.15) is 0 Å². The third-order valence-electron chi connectivity index (χ3n) is 5.70. The molecule has 114 valence electrons. The number of hydrogen-bond donors (Lipinski definition) is 2. The molecular formula is C16H29N3O. The van der Waals surface area contributed by atoms with E-state index in [-0.39, 0.29) is 5.91 Å². The molecule has 0 unspecified atom stereocenters. The van der Waals surface area contributed by atoms with Crippen LogP contribution in [0, 0.1) is 11.8 Å². The fourth-order valence-corrected chi connectivity index (χ4v) is 4.80. The summed E-state index contributed by atoms with van der Waals surface area (Å²) in [6.07, 6.45) is 8.41. The molecule has 3 rings (SSSR count). The van der Waals surface area contributed by atoms with E-state index in [1.54, 1.807) is 7.05 Å². The molecule has 3 aliphatic rings. The van der Waals surface area contributed by atoms with Crippen molar-refractivity contribution in [2.45, 2.75) is 57.0 Å². The molecule has 3 aliphatic heterocycles. The van der Waals surface area contributed by atoms with E-state index in [0.717, 1.165) is 30.7 Å². The van der Waals surface area contributed by atoms with E-state index < -0.39 is 0 Å². The third-order valence-corrected chi connectivity index (χ3v) is 5.70. The summed E-state index contributed by atoms with van der Waals surface area (Å²) in [6, 6.07) is 1.48. The highest BCUT2D eigenvalue weighted by Crippen LogP contribution is 2.39. The Balaban J connectivity index is 1.58. The highest BCUT2D eigenvalue weighted by atomic mass is 16.1. The Morgan fingerprint density at radius 1 is 1.30 bits per heavy atom. The molecule has 4 atom stereocenters. The van der Waals surface area contributed by atoms with Crippen LogP contribution in [0.4, 0.5) is 0 Å². The van der Waals surface area contributed by atoms with Crippen molar-refractivity contribution in [3.05, 3.63) is 0 Å². The molecule has 1 amide bonds. The molecule has 2 N–H and O–H groups in total. The summed E-state index contributed by atoms with van der Waals surface area (Å²) in [5.74, 6) is 1.89. The average Bonchev–Trinajstić information content (AvgIpc) is 2.50. The first-order valence-electron chi connectivity index (χ1n) is 8.47. The van der Waals surface area contributed by atoms with Crippen LogP contribution in [0.5, 0.6) is 0 Å². The maximum absolute atomic E-state index is 11.4. The van der Waals surface area contributed by atoms with Gasteiger partial charge in [0.05, 0.1) is 0 Å². The second-order valence-corrected chi connectivity index (χ2v) is 6.82. The van der Waals surface area contributed by atoms with Gasteiger partial charge in [0.25, 0.3) is 0 Å². The minimum absolute atomic E-state index is 0.182. The van der Waals surface area contributed by atoms with Crippen LogP contribution in [0.2, 0.25) is 0 Å². The first-order chi connectivity index (χ1) is 9.79. The summed E-state index contributed by atoms with van der Waals surface area (Å²) in [5.41, 5.74) is 0. The molecule has 3 fully saturated rings. The average molecular weight is 279 g/mol. The van der Waals surface area contributed by atoms with Gasteiger partial charge in [-0.2, -0.15) is 0 Å². The van der Waals surface area contributed by atoms with Gasteiger partial charge in [-0.05, 0) is 70.0 Å². The smallest absolute Gasteiger partial charge is 0.219 e. The number of nitrogens with zero attached hydrogens (tertiary/aromatic N) is 1. The predicted molar refractivity (Wildman–Crippen MR) is 80.5 cm³/mol. The van der Waals surface area contributed by atoms with Gasteiger partial charge in [-0.3, -0.25) is 9.69 Å². The topological polar surface area (TPSA) is 44.4 Å². The van der Waals surface area contributed by atoms with Crippen LogP contribution in [-0.2, 0) is 4.79 Å². The first-order valence-corrected chi connectivity index (χ1v) is 8.47. The highest BCUT2D eigenvalue weighted by molar-refractivity contribution is 5.75. The van der Waals surface area contributed by atoms with E-state index in [4.69, 9.17) is 0 Å². The van der Waals surface area contributed by atoms with Crippen molar-refractivity contribution in [1.29, 1.82) is 0 Å². The van der Waals surface area contributed by atoms with E-state index >= 15 is 0 Å². The summed E-state index contributed by atoms with van der Waals surface area (Å²) in [6.45, 7) is 3.84. The molecule has 4 heteroatoms. The molecule has 0 bridgehead atoms. The van der Waals surface area contributed by atoms with E-state index in [0.29, 0.717) is 12.5 Å². The Hall–Kier alpha value is -0.610. The quantitative estimate of drug-likeness (QED) is 0.817. The summed E-state index contributed by atoms with van der Waals surface area (Å²) in [5, 5.41) is 6.53. The minimum Gasteiger partial charge on any atom is -0.359 e. The molecule has 0 saturated carbocycles. The van der Waals surface area contributed by atoms with Crippen LogP contribution in [0.3, 0.4) is 0 Å². The SMILES string of the molecule is CNC(=O)CCC[C@H]1NC[C@@H]2CCCN3CCC[C@H]1[C@H]23. The normalized spacial score (nSPS) is 37.2. The second-order valence-electron chi connectivity index (χ2n) is 6.82. The van der Waals surface area contributed by atoms with Crippen LogP contribution in [0.1, 0.15) is 44.9 Å². The van der Waals surface area contributed by atoms with E-state index in [1.807, 2.05) is 0 Å². The van der Waals surface area contributed by atoms with Crippen molar-refractivity contribution in [2.24, 2.45) is 11.8 Å². The molecule has 0 aromatic rings. The number of amides is 1. The van der Waals surface area contributed by atoms with Crippen LogP contribution in [-0.4, -0.2) is 49.6 Å². The van der Waals surface area contributed by atoms with Crippen molar-refractivity contribution < 1.29 is 4.79 Å². The number of nitrogens with one attached hydrogen (secondary N) is 2.